The lowest BCUT2D eigenvalue weighted by atomic mass is 9.88. The number of benzene rings is 2. The minimum absolute atomic E-state index is 0.00239. The highest BCUT2D eigenvalue weighted by atomic mass is 35.5. The number of hydrogen-bond donors (Lipinski definition) is 1. The first kappa shape index (κ1) is 19.8. The van der Waals surface area contributed by atoms with Crippen LogP contribution < -0.4 is 19.5 Å². The Morgan fingerprint density at radius 3 is 2.26 bits per heavy atom. The molecule has 1 atom stereocenters. The molecular weight excluding hydrogens is 362 g/mol. The lowest BCUT2D eigenvalue weighted by Gasteiger charge is -2.30. The molecule has 0 aliphatic carbocycles. The number of aryl methyl sites for hydroxylation is 1. The molecule has 1 N–H and O–H groups in total. The Balaban J connectivity index is 2.12. The van der Waals surface area contributed by atoms with Gasteiger partial charge in [0.1, 0.15) is 5.75 Å². The largest absolute Gasteiger partial charge is 0.493 e. The van der Waals surface area contributed by atoms with Gasteiger partial charge in [0.25, 0.3) is 0 Å². The normalized spacial score (nSPS) is 16.0. The van der Waals surface area contributed by atoms with Crippen molar-refractivity contribution in [1.82, 2.24) is 5.32 Å². The molecule has 0 bridgehead atoms. The van der Waals surface area contributed by atoms with Gasteiger partial charge in [-0.1, -0.05) is 11.6 Å². The Morgan fingerprint density at radius 1 is 0.926 bits per heavy atom. The molecule has 0 fully saturated rings. The van der Waals surface area contributed by atoms with Crippen molar-refractivity contribution in [1.29, 1.82) is 0 Å². The van der Waals surface area contributed by atoms with Gasteiger partial charge < -0.3 is 19.5 Å². The Bertz CT molecular complexity index is 807. The molecule has 4 nitrogen and oxygen atoms in total. The molecule has 146 valence electrons. The third kappa shape index (κ3) is 4.17. The summed E-state index contributed by atoms with van der Waals surface area (Å²) in [4.78, 5) is 0. The van der Waals surface area contributed by atoms with Crippen LogP contribution in [-0.2, 0) is 6.42 Å². The molecule has 3 rings (SSSR count). The van der Waals surface area contributed by atoms with Crippen molar-refractivity contribution in [3.8, 4) is 17.2 Å². The summed E-state index contributed by atoms with van der Waals surface area (Å²) in [5.74, 6) is 2.49. The van der Waals surface area contributed by atoms with Gasteiger partial charge in [0, 0.05) is 17.1 Å². The smallest absolute Gasteiger partial charge is 0.161 e. The Kier molecular flexibility index (Phi) is 6.51. The maximum atomic E-state index is 6.39. The minimum atomic E-state index is 0.00239. The van der Waals surface area contributed by atoms with Crippen LogP contribution in [0, 0.1) is 6.92 Å². The summed E-state index contributed by atoms with van der Waals surface area (Å²) in [6.45, 7) is 10.7. The summed E-state index contributed by atoms with van der Waals surface area (Å²) in [5.41, 5.74) is 4.57. The van der Waals surface area contributed by atoms with Gasteiger partial charge in [-0.3, -0.25) is 0 Å². The fourth-order valence-corrected chi connectivity index (χ4v) is 3.97. The molecule has 2 aromatic carbocycles. The lowest BCUT2D eigenvalue weighted by Crippen LogP contribution is -2.31. The van der Waals surface area contributed by atoms with Crippen molar-refractivity contribution >= 4 is 11.6 Å². The van der Waals surface area contributed by atoms with Crippen LogP contribution in [0.2, 0.25) is 5.02 Å². The molecule has 27 heavy (non-hydrogen) atoms. The van der Waals surface area contributed by atoms with Crippen molar-refractivity contribution in [2.45, 2.75) is 40.2 Å². The first-order chi connectivity index (χ1) is 13.1. The van der Waals surface area contributed by atoms with Gasteiger partial charge in [-0.2, -0.15) is 0 Å². The van der Waals surface area contributed by atoms with Gasteiger partial charge in [0.2, 0.25) is 0 Å². The molecule has 0 spiro atoms. The first-order valence-corrected chi connectivity index (χ1v) is 10.0. The molecule has 1 aliphatic heterocycles. The van der Waals surface area contributed by atoms with E-state index in [0.29, 0.717) is 19.8 Å². The van der Waals surface area contributed by atoms with Gasteiger partial charge in [0.05, 0.1) is 25.9 Å². The van der Waals surface area contributed by atoms with E-state index in [2.05, 4.69) is 17.4 Å². The number of fused-ring (bicyclic) bond motifs is 1. The highest BCUT2D eigenvalue weighted by molar-refractivity contribution is 6.30. The van der Waals surface area contributed by atoms with Gasteiger partial charge in [-0.05, 0) is 75.1 Å². The summed E-state index contributed by atoms with van der Waals surface area (Å²) in [6, 6.07) is 8.18. The van der Waals surface area contributed by atoms with Gasteiger partial charge in [-0.15, -0.1) is 0 Å². The van der Waals surface area contributed by atoms with Gasteiger partial charge >= 0.3 is 0 Å². The zero-order chi connectivity index (χ0) is 19.4. The summed E-state index contributed by atoms with van der Waals surface area (Å²) in [6.07, 6.45) is 0.946. The van der Waals surface area contributed by atoms with Crippen LogP contribution in [0.4, 0.5) is 0 Å². The van der Waals surface area contributed by atoms with Crippen molar-refractivity contribution in [3.05, 3.63) is 51.5 Å². The quantitative estimate of drug-likeness (QED) is 0.716. The van der Waals surface area contributed by atoms with E-state index in [9.17, 15) is 0 Å². The molecule has 1 aliphatic rings. The zero-order valence-electron chi connectivity index (χ0n) is 16.5. The van der Waals surface area contributed by atoms with E-state index < -0.39 is 0 Å². The van der Waals surface area contributed by atoms with Crippen LogP contribution in [0.15, 0.2) is 24.3 Å². The maximum Gasteiger partial charge on any atom is 0.161 e. The van der Waals surface area contributed by atoms with E-state index >= 15 is 0 Å². The average molecular weight is 390 g/mol. The number of ether oxygens (including phenoxy) is 3. The van der Waals surface area contributed by atoms with E-state index in [1.807, 2.05) is 39.8 Å². The zero-order valence-corrected chi connectivity index (χ0v) is 17.3. The molecule has 0 amide bonds. The van der Waals surface area contributed by atoms with E-state index in [-0.39, 0.29) is 6.04 Å². The van der Waals surface area contributed by atoms with Gasteiger partial charge in [-0.25, -0.2) is 0 Å². The third-order valence-electron chi connectivity index (χ3n) is 4.73. The second-order valence-corrected chi connectivity index (χ2v) is 7.01. The molecule has 0 aromatic heterocycles. The minimum Gasteiger partial charge on any atom is -0.493 e. The first-order valence-electron chi connectivity index (χ1n) is 9.67. The summed E-state index contributed by atoms with van der Waals surface area (Å²) >= 11 is 6.39. The molecule has 0 radical (unpaired) electrons. The molecule has 0 saturated carbocycles. The molecule has 0 saturated heterocycles. The topological polar surface area (TPSA) is 39.7 Å². The van der Waals surface area contributed by atoms with Crippen molar-refractivity contribution in [3.63, 3.8) is 0 Å². The monoisotopic (exact) mass is 389 g/mol. The average Bonchev–Trinajstić information content (AvgIpc) is 2.64. The Labute approximate surface area is 166 Å². The fraction of sp³-hybridized carbons (Fsp3) is 0.455. The summed E-state index contributed by atoms with van der Waals surface area (Å²) < 4.78 is 17.6. The number of rotatable bonds is 7. The van der Waals surface area contributed by atoms with Crippen LogP contribution in [0.3, 0.4) is 0 Å². The van der Waals surface area contributed by atoms with Crippen molar-refractivity contribution in [2.75, 3.05) is 26.4 Å². The van der Waals surface area contributed by atoms with Gasteiger partial charge in [0.15, 0.2) is 11.5 Å². The Hall–Kier alpha value is -1.91. The van der Waals surface area contributed by atoms with Crippen molar-refractivity contribution in [2.24, 2.45) is 0 Å². The van der Waals surface area contributed by atoms with E-state index in [0.717, 1.165) is 46.4 Å². The Morgan fingerprint density at radius 2 is 1.59 bits per heavy atom. The number of hydrogen-bond acceptors (Lipinski definition) is 4. The highest BCUT2D eigenvalue weighted by Crippen LogP contribution is 2.41. The predicted octanol–water partition coefficient (Wildman–Crippen LogP) is 5.08. The fourth-order valence-electron chi connectivity index (χ4n) is 3.69. The van der Waals surface area contributed by atoms with E-state index in [1.165, 1.54) is 11.1 Å². The second kappa shape index (κ2) is 8.85. The van der Waals surface area contributed by atoms with E-state index in [4.69, 9.17) is 25.8 Å². The highest BCUT2D eigenvalue weighted by Gasteiger charge is 2.27. The molecule has 1 unspecified atom stereocenters. The standard InChI is InChI=1S/C22H28ClNO3/c1-5-25-19-11-15-8-9-24-21(17(15)13-20(19)26-6-2)18-12-16(23)10-14(4)22(18)27-7-3/h10-13,21,24H,5-9H2,1-4H3. The predicted molar refractivity (Wildman–Crippen MR) is 110 cm³/mol. The van der Waals surface area contributed by atoms with E-state index in [1.54, 1.807) is 0 Å². The number of nitrogens with one attached hydrogen (secondary N) is 1. The molecule has 1 heterocycles. The van der Waals surface area contributed by atoms with Crippen LogP contribution in [0.5, 0.6) is 17.2 Å². The molecule has 2 aromatic rings. The van der Waals surface area contributed by atoms with Crippen LogP contribution in [0.25, 0.3) is 0 Å². The SMILES string of the molecule is CCOc1cc2c(cc1OCC)C(c1cc(Cl)cc(C)c1OCC)NCC2. The maximum absolute atomic E-state index is 6.39. The molecular formula is C22H28ClNO3. The summed E-state index contributed by atoms with van der Waals surface area (Å²) in [5, 5.41) is 4.35. The second-order valence-electron chi connectivity index (χ2n) is 6.57. The molecule has 5 heteroatoms. The third-order valence-corrected chi connectivity index (χ3v) is 4.95. The van der Waals surface area contributed by atoms with Crippen LogP contribution in [-0.4, -0.2) is 26.4 Å². The lowest BCUT2D eigenvalue weighted by molar-refractivity contribution is 0.286. The summed E-state index contributed by atoms with van der Waals surface area (Å²) in [7, 11) is 0. The van der Waals surface area contributed by atoms with Crippen LogP contribution in [0.1, 0.15) is 49.1 Å². The van der Waals surface area contributed by atoms with Crippen molar-refractivity contribution < 1.29 is 14.2 Å². The van der Waals surface area contributed by atoms with Crippen LogP contribution >= 0.6 is 11.6 Å². The number of halogens is 1.